The number of carbonyl (C=O) groups excluding carboxylic acids is 2. The molecular formula is C16H18N2O4S. The summed E-state index contributed by atoms with van der Waals surface area (Å²) in [5, 5.41) is 12.0. The van der Waals surface area contributed by atoms with Gasteiger partial charge in [0.25, 0.3) is 0 Å². The topological polar surface area (TPSA) is 109 Å². The molecule has 0 aromatic heterocycles. The number of hydrogen-bond acceptors (Lipinski definition) is 4. The number of nitrogens with two attached hydrogens (primary N) is 1. The summed E-state index contributed by atoms with van der Waals surface area (Å²) in [7, 11) is 0. The number of carbonyl (C=O) groups is 3. The Bertz CT molecular complexity index is 627. The molecule has 122 valence electrons. The predicted molar refractivity (Wildman–Crippen MR) is 88.0 cm³/mol. The van der Waals surface area contributed by atoms with Crippen molar-refractivity contribution in [3.63, 3.8) is 0 Å². The minimum atomic E-state index is -0.951. The van der Waals surface area contributed by atoms with Gasteiger partial charge >= 0.3 is 5.97 Å². The third-order valence-corrected chi connectivity index (χ3v) is 4.62. The number of amides is 2. The highest BCUT2D eigenvalue weighted by atomic mass is 32.2. The Labute approximate surface area is 138 Å². The lowest BCUT2D eigenvalue weighted by molar-refractivity contribution is -0.146. The maximum atomic E-state index is 12.3. The summed E-state index contributed by atoms with van der Waals surface area (Å²) >= 11 is 1.31. The van der Waals surface area contributed by atoms with Crippen LogP contribution >= 0.6 is 11.8 Å². The van der Waals surface area contributed by atoms with Crippen molar-refractivity contribution in [2.45, 2.75) is 17.7 Å². The van der Waals surface area contributed by atoms with Crippen LogP contribution in [0.1, 0.15) is 12.8 Å². The number of nitrogens with one attached hydrogen (secondary N) is 1. The van der Waals surface area contributed by atoms with Crippen LogP contribution in [0.4, 0.5) is 5.69 Å². The average Bonchev–Trinajstić information content (AvgIpc) is 2.54. The number of aliphatic carboxylic acids is 1. The first-order chi connectivity index (χ1) is 11.0. The Kier molecular flexibility index (Phi) is 5.81. The lowest BCUT2D eigenvalue weighted by Crippen LogP contribution is -2.34. The van der Waals surface area contributed by atoms with Gasteiger partial charge in [0.1, 0.15) is 0 Å². The van der Waals surface area contributed by atoms with E-state index in [9.17, 15) is 19.5 Å². The van der Waals surface area contributed by atoms with Crippen LogP contribution in [-0.4, -0.2) is 28.6 Å². The number of thioether (sulfide) groups is 1. The zero-order valence-corrected chi connectivity index (χ0v) is 13.2. The number of rotatable bonds is 6. The van der Waals surface area contributed by atoms with E-state index in [0.717, 1.165) is 4.90 Å². The highest BCUT2D eigenvalue weighted by molar-refractivity contribution is 8.00. The molecule has 0 fully saturated rings. The molecule has 1 aliphatic carbocycles. The Balaban J connectivity index is 1.98. The second-order valence-corrected chi connectivity index (χ2v) is 6.31. The first-order valence-electron chi connectivity index (χ1n) is 7.17. The van der Waals surface area contributed by atoms with E-state index in [1.54, 1.807) is 30.3 Å². The van der Waals surface area contributed by atoms with Crippen LogP contribution in [0.3, 0.4) is 0 Å². The highest BCUT2D eigenvalue weighted by Gasteiger charge is 2.33. The molecule has 0 heterocycles. The largest absolute Gasteiger partial charge is 0.481 e. The third kappa shape index (κ3) is 4.85. The van der Waals surface area contributed by atoms with Crippen molar-refractivity contribution < 1.29 is 19.5 Å². The van der Waals surface area contributed by atoms with Crippen molar-refractivity contribution in [2.75, 3.05) is 11.1 Å². The van der Waals surface area contributed by atoms with Crippen LogP contribution < -0.4 is 11.1 Å². The smallest absolute Gasteiger partial charge is 0.307 e. The lowest BCUT2D eigenvalue weighted by Gasteiger charge is -2.24. The van der Waals surface area contributed by atoms with E-state index < -0.39 is 23.7 Å². The van der Waals surface area contributed by atoms with Gasteiger partial charge in [-0.15, -0.1) is 11.8 Å². The molecule has 4 N–H and O–H groups in total. The zero-order chi connectivity index (χ0) is 16.8. The quantitative estimate of drug-likeness (QED) is 0.543. The van der Waals surface area contributed by atoms with Gasteiger partial charge in [-0.2, -0.15) is 0 Å². The number of benzene rings is 1. The van der Waals surface area contributed by atoms with Crippen LogP contribution in [0.5, 0.6) is 0 Å². The number of primary amides is 1. The molecule has 0 spiro atoms. The van der Waals surface area contributed by atoms with E-state index in [4.69, 9.17) is 5.73 Å². The van der Waals surface area contributed by atoms with Gasteiger partial charge in [0, 0.05) is 10.6 Å². The van der Waals surface area contributed by atoms with Crippen molar-refractivity contribution in [2.24, 2.45) is 17.6 Å². The van der Waals surface area contributed by atoms with E-state index in [1.165, 1.54) is 11.8 Å². The van der Waals surface area contributed by atoms with Crippen LogP contribution in [0.15, 0.2) is 41.3 Å². The van der Waals surface area contributed by atoms with Gasteiger partial charge in [-0.05, 0) is 37.1 Å². The number of allylic oxidation sites excluding steroid dienone is 2. The lowest BCUT2D eigenvalue weighted by atomic mass is 9.82. The summed E-state index contributed by atoms with van der Waals surface area (Å²) in [4.78, 5) is 35.1. The second-order valence-electron chi connectivity index (χ2n) is 5.26. The van der Waals surface area contributed by atoms with Crippen molar-refractivity contribution in [3.8, 4) is 0 Å². The Morgan fingerprint density at radius 3 is 2.30 bits per heavy atom. The van der Waals surface area contributed by atoms with E-state index >= 15 is 0 Å². The molecule has 0 saturated carbocycles. The van der Waals surface area contributed by atoms with Crippen LogP contribution in [0, 0.1) is 11.8 Å². The van der Waals surface area contributed by atoms with Gasteiger partial charge in [-0.3, -0.25) is 14.4 Å². The molecule has 0 saturated heterocycles. The maximum Gasteiger partial charge on any atom is 0.307 e. The summed E-state index contributed by atoms with van der Waals surface area (Å²) in [5.74, 6) is -2.70. The van der Waals surface area contributed by atoms with Crippen molar-refractivity contribution >= 4 is 35.2 Å². The van der Waals surface area contributed by atoms with Crippen molar-refractivity contribution in [3.05, 3.63) is 36.4 Å². The van der Waals surface area contributed by atoms with Crippen molar-refractivity contribution in [1.82, 2.24) is 0 Å². The van der Waals surface area contributed by atoms with Gasteiger partial charge in [0.2, 0.25) is 11.8 Å². The molecule has 1 aromatic rings. The minimum absolute atomic E-state index is 0.195. The van der Waals surface area contributed by atoms with Crippen LogP contribution in [0.25, 0.3) is 0 Å². The molecule has 2 atom stereocenters. The molecule has 23 heavy (non-hydrogen) atoms. The fourth-order valence-electron chi connectivity index (χ4n) is 2.40. The zero-order valence-electron chi connectivity index (χ0n) is 12.4. The molecule has 0 radical (unpaired) electrons. The molecule has 7 heteroatoms. The van der Waals surface area contributed by atoms with Crippen LogP contribution in [-0.2, 0) is 14.4 Å². The number of carboxylic acids is 1. The van der Waals surface area contributed by atoms with Gasteiger partial charge in [0.05, 0.1) is 17.6 Å². The first kappa shape index (κ1) is 17.1. The summed E-state index contributed by atoms with van der Waals surface area (Å²) in [6, 6.07) is 6.99. The molecule has 1 aliphatic rings. The SMILES string of the molecule is NC(=O)CSc1ccc(NC(=O)C2CC=CCC2C(=O)O)cc1. The summed E-state index contributed by atoms with van der Waals surface area (Å²) in [5.41, 5.74) is 5.68. The molecule has 1 aromatic carbocycles. The third-order valence-electron chi connectivity index (χ3n) is 3.59. The van der Waals surface area contributed by atoms with E-state index in [0.29, 0.717) is 18.5 Å². The Hall–Kier alpha value is -2.28. The predicted octanol–water partition coefficient (Wildman–Crippen LogP) is 1.87. The van der Waals surface area contributed by atoms with Gasteiger partial charge < -0.3 is 16.2 Å². The number of hydrogen-bond donors (Lipinski definition) is 3. The monoisotopic (exact) mass is 334 g/mol. The first-order valence-corrected chi connectivity index (χ1v) is 8.15. The average molecular weight is 334 g/mol. The van der Waals surface area contributed by atoms with Crippen molar-refractivity contribution in [1.29, 1.82) is 0 Å². The standard InChI is InChI=1S/C16H18N2O4S/c17-14(19)9-23-11-7-5-10(6-8-11)18-15(20)12-3-1-2-4-13(12)16(21)22/h1-2,5-8,12-13H,3-4,9H2,(H2,17,19)(H,18,20)(H,21,22). The van der Waals surface area contributed by atoms with Crippen LogP contribution in [0.2, 0.25) is 0 Å². The molecule has 6 nitrogen and oxygen atoms in total. The molecule has 2 amide bonds. The van der Waals surface area contributed by atoms with E-state index in [2.05, 4.69) is 5.32 Å². The summed E-state index contributed by atoms with van der Waals surface area (Å²) < 4.78 is 0. The normalized spacial score (nSPS) is 20.0. The Morgan fingerprint density at radius 2 is 1.74 bits per heavy atom. The van der Waals surface area contributed by atoms with Gasteiger partial charge in [-0.1, -0.05) is 12.2 Å². The molecule has 0 bridgehead atoms. The van der Waals surface area contributed by atoms with Gasteiger partial charge in [-0.25, -0.2) is 0 Å². The summed E-state index contributed by atoms with van der Waals surface area (Å²) in [6.07, 6.45) is 4.44. The summed E-state index contributed by atoms with van der Waals surface area (Å²) in [6.45, 7) is 0. The minimum Gasteiger partial charge on any atom is -0.481 e. The molecule has 0 aliphatic heterocycles. The molecule has 2 rings (SSSR count). The Morgan fingerprint density at radius 1 is 1.13 bits per heavy atom. The van der Waals surface area contributed by atoms with E-state index in [-0.39, 0.29) is 11.7 Å². The van der Waals surface area contributed by atoms with E-state index in [1.807, 2.05) is 6.08 Å². The number of anilines is 1. The molecular weight excluding hydrogens is 316 g/mol. The number of carboxylic acid groups (broad SMARTS) is 1. The fraction of sp³-hybridized carbons (Fsp3) is 0.312. The fourth-order valence-corrected chi connectivity index (χ4v) is 3.04. The maximum absolute atomic E-state index is 12.3. The highest BCUT2D eigenvalue weighted by Crippen LogP contribution is 2.27. The second kappa shape index (κ2) is 7.82. The molecule has 2 unspecified atom stereocenters. The van der Waals surface area contributed by atoms with Gasteiger partial charge in [0.15, 0.2) is 0 Å².